The lowest BCUT2D eigenvalue weighted by molar-refractivity contribution is -0.119. The second-order valence-electron chi connectivity index (χ2n) is 7.60. The van der Waals surface area contributed by atoms with Crippen molar-refractivity contribution in [2.24, 2.45) is 11.8 Å². The molecule has 0 spiro atoms. The van der Waals surface area contributed by atoms with Crippen LogP contribution in [-0.4, -0.2) is 24.5 Å². The van der Waals surface area contributed by atoms with Gasteiger partial charge in [0.1, 0.15) is 4.90 Å². The largest absolute Gasteiger partial charge is 0.296 e. The van der Waals surface area contributed by atoms with Crippen molar-refractivity contribution in [1.82, 2.24) is 0 Å². The summed E-state index contributed by atoms with van der Waals surface area (Å²) >= 11 is 7.66. The van der Waals surface area contributed by atoms with Crippen LogP contribution in [-0.2, 0) is 14.9 Å². The van der Waals surface area contributed by atoms with Crippen LogP contribution in [0.4, 0.5) is 0 Å². The van der Waals surface area contributed by atoms with Crippen LogP contribution in [0.2, 0.25) is 5.02 Å². The third kappa shape index (κ3) is 3.75. The fraction of sp³-hybridized carbons (Fsp3) is 0.273. The summed E-state index contributed by atoms with van der Waals surface area (Å²) in [6.45, 7) is 1.48. The molecule has 2 atom stereocenters. The second kappa shape index (κ2) is 7.96. The van der Waals surface area contributed by atoms with E-state index >= 15 is 0 Å². The van der Waals surface area contributed by atoms with E-state index in [9.17, 15) is 22.6 Å². The lowest BCUT2D eigenvalue weighted by atomic mass is 9.84. The minimum absolute atomic E-state index is 0.0919. The minimum Gasteiger partial charge on any atom is -0.294 e. The Hall–Kier alpha value is -1.93. The molecule has 2 aromatic rings. The summed E-state index contributed by atoms with van der Waals surface area (Å²) in [7, 11) is -4.63. The van der Waals surface area contributed by atoms with Crippen LogP contribution >= 0.6 is 23.4 Å². The van der Waals surface area contributed by atoms with Crippen LogP contribution < -0.4 is 0 Å². The molecule has 2 aliphatic carbocycles. The Morgan fingerprint density at radius 3 is 2.43 bits per heavy atom. The zero-order chi connectivity index (χ0) is 21.6. The van der Waals surface area contributed by atoms with Crippen molar-refractivity contribution in [3.05, 3.63) is 69.1 Å². The molecule has 0 radical (unpaired) electrons. The number of hydrogen-bond donors (Lipinski definition) is 1. The number of hydrogen-bond acceptors (Lipinski definition) is 5. The van der Waals surface area contributed by atoms with Crippen LogP contribution in [0.3, 0.4) is 0 Å². The first-order valence-electron chi connectivity index (χ1n) is 9.51. The molecular weight excluding hydrogens is 444 g/mol. The first kappa shape index (κ1) is 21.3. The van der Waals surface area contributed by atoms with Crippen molar-refractivity contribution in [2.45, 2.75) is 36.0 Å². The van der Waals surface area contributed by atoms with Gasteiger partial charge in [-0.3, -0.25) is 14.1 Å². The molecule has 1 fully saturated rings. The van der Waals surface area contributed by atoms with Gasteiger partial charge in [0.15, 0.2) is 11.6 Å². The lowest BCUT2D eigenvalue weighted by Gasteiger charge is -2.25. The van der Waals surface area contributed by atoms with E-state index in [0.717, 1.165) is 29.1 Å². The molecule has 0 saturated heterocycles. The number of halogens is 1. The standard InChI is InChI=1S/C22H19ClO5S2/c1-12-7-10-16(18(23)22(12)30(26,27)28)20(25)17-19(24)13-8-9-14(11-13)21(17)29-15-5-3-2-4-6-15/h2-7,10,13-14H,8-9,11H2,1H3,(H,26,27,28). The molecular formula is C22H19ClO5S2. The molecule has 156 valence electrons. The molecule has 0 heterocycles. The molecule has 2 unspecified atom stereocenters. The first-order chi connectivity index (χ1) is 14.2. The SMILES string of the molecule is Cc1ccc(C(=O)C2=C(Sc3ccccc3)C3CCC(C3)C2=O)c(Cl)c1S(=O)(=O)O. The minimum atomic E-state index is -4.63. The van der Waals surface area contributed by atoms with Crippen LogP contribution in [0.1, 0.15) is 35.2 Å². The average Bonchev–Trinajstić information content (AvgIpc) is 3.12. The molecule has 2 bridgehead atoms. The fourth-order valence-electron chi connectivity index (χ4n) is 4.24. The highest BCUT2D eigenvalue weighted by Crippen LogP contribution is 2.50. The maximum Gasteiger partial charge on any atom is 0.296 e. The van der Waals surface area contributed by atoms with Gasteiger partial charge in [-0.05, 0) is 55.9 Å². The molecule has 8 heteroatoms. The molecule has 2 aliphatic rings. The monoisotopic (exact) mass is 462 g/mol. The van der Waals surface area contributed by atoms with Crippen LogP contribution in [0.15, 0.2) is 62.7 Å². The summed E-state index contributed by atoms with van der Waals surface area (Å²) in [4.78, 5) is 27.8. The van der Waals surface area contributed by atoms with E-state index in [1.165, 1.54) is 30.8 Å². The summed E-state index contributed by atoms with van der Waals surface area (Å²) in [5.74, 6) is -0.886. The summed E-state index contributed by atoms with van der Waals surface area (Å²) < 4.78 is 33.1. The Labute approximate surface area is 184 Å². The molecule has 0 aromatic heterocycles. The normalized spacial score (nSPS) is 21.2. The number of allylic oxidation sites excluding steroid dienone is 2. The maximum atomic E-state index is 13.5. The number of rotatable bonds is 5. The Bertz CT molecular complexity index is 1190. The predicted octanol–water partition coefficient (Wildman–Crippen LogP) is 5.12. The number of carbonyl (C=O) groups excluding carboxylic acids is 2. The zero-order valence-corrected chi connectivity index (χ0v) is 18.5. The Morgan fingerprint density at radius 2 is 1.77 bits per heavy atom. The van der Waals surface area contributed by atoms with E-state index in [1.54, 1.807) is 0 Å². The van der Waals surface area contributed by atoms with Crippen LogP contribution in [0, 0.1) is 18.8 Å². The van der Waals surface area contributed by atoms with Crippen molar-refractivity contribution < 1.29 is 22.6 Å². The van der Waals surface area contributed by atoms with Gasteiger partial charge in [0.05, 0.1) is 10.6 Å². The van der Waals surface area contributed by atoms with Gasteiger partial charge >= 0.3 is 0 Å². The van der Waals surface area contributed by atoms with Gasteiger partial charge in [0.25, 0.3) is 10.1 Å². The number of aryl methyl sites for hydroxylation is 1. The highest BCUT2D eigenvalue weighted by atomic mass is 35.5. The topological polar surface area (TPSA) is 88.5 Å². The smallest absolute Gasteiger partial charge is 0.294 e. The Kier molecular flexibility index (Phi) is 5.66. The van der Waals surface area contributed by atoms with Crippen molar-refractivity contribution in [3.63, 3.8) is 0 Å². The maximum absolute atomic E-state index is 13.5. The summed E-state index contributed by atoms with van der Waals surface area (Å²) in [6.07, 6.45) is 2.29. The molecule has 1 saturated carbocycles. The number of thioether (sulfide) groups is 1. The van der Waals surface area contributed by atoms with Crippen LogP contribution in [0.25, 0.3) is 0 Å². The van der Waals surface area contributed by atoms with Gasteiger partial charge in [-0.1, -0.05) is 47.6 Å². The Morgan fingerprint density at radius 1 is 1.10 bits per heavy atom. The summed E-state index contributed by atoms with van der Waals surface area (Å²) in [6, 6.07) is 12.3. The van der Waals surface area contributed by atoms with Gasteiger partial charge < -0.3 is 0 Å². The summed E-state index contributed by atoms with van der Waals surface area (Å²) in [5, 5.41) is -0.357. The highest BCUT2D eigenvalue weighted by molar-refractivity contribution is 8.03. The predicted molar refractivity (Wildman–Crippen MR) is 115 cm³/mol. The van der Waals surface area contributed by atoms with Crippen molar-refractivity contribution >= 4 is 45.0 Å². The van der Waals surface area contributed by atoms with Gasteiger partial charge in [-0.2, -0.15) is 8.42 Å². The number of benzene rings is 2. The molecule has 0 aliphatic heterocycles. The average molecular weight is 463 g/mol. The van der Waals surface area contributed by atoms with Crippen molar-refractivity contribution in [1.29, 1.82) is 0 Å². The van der Waals surface area contributed by atoms with E-state index < -0.39 is 20.8 Å². The second-order valence-corrected chi connectivity index (χ2v) is 10.5. The van der Waals surface area contributed by atoms with Gasteiger partial charge in [-0.15, -0.1) is 0 Å². The number of Topliss-reactive ketones (excluding diaryl/α,β-unsaturated/α-hetero) is 2. The third-order valence-electron chi connectivity index (χ3n) is 5.66. The fourth-order valence-corrected chi connectivity index (χ4v) is 6.87. The Balaban J connectivity index is 1.87. The first-order valence-corrected chi connectivity index (χ1v) is 12.1. The summed E-state index contributed by atoms with van der Waals surface area (Å²) in [5.41, 5.74) is 0.224. The molecule has 2 aromatic carbocycles. The number of fused-ring (bicyclic) bond motifs is 2. The number of ketones is 2. The van der Waals surface area contributed by atoms with Gasteiger partial charge in [0.2, 0.25) is 0 Å². The van der Waals surface area contributed by atoms with Crippen molar-refractivity contribution in [3.8, 4) is 0 Å². The molecule has 0 amide bonds. The van der Waals surface area contributed by atoms with Crippen molar-refractivity contribution in [2.75, 3.05) is 0 Å². The quantitative estimate of drug-likeness (QED) is 0.376. The van der Waals surface area contributed by atoms with E-state index in [0.29, 0.717) is 0 Å². The van der Waals surface area contributed by atoms with Crippen LogP contribution in [0.5, 0.6) is 0 Å². The van der Waals surface area contributed by atoms with E-state index in [2.05, 4.69) is 0 Å². The zero-order valence-electron chi connectivity index (χ0n) is 16.1. The van der Waals surface area contributed by atoms with E-state index in [-0.39, 0.29) is 39.3 Å². The van der Waals surface area contributed by atoms with Gasteiger partial charge in [-0.25, -0.2) is 0 Å². The molecule has 1 N–H and O–H groups in total. The van der Waals surface area contributed by atoms with E-state index in [4.69, 9.17) is 11.6 Å². The molecule has 5 nitrogen and oxygen atoms in total. The third-order valence-corrected chi connectivity index (χ3v) is 8.47. The molecule has 4 rings (SSSR count). The lowest BCUT2D eigenvalue weighted by Crippen LogP contribution is -2.26. The number of carbonyl (C=O) groups is 2. The van der Waals surface area contributed by atoms with E-state index in [1.807, 2.05) is 30.3 Å². The molecule has 30 heavy (non-hydrogen) atoms. The highest BCUT2D eigenvalue weighted by Gasteiger charge is 2.44. The van der Waals surface area contributed by atoms with Gasteiger partial charge in [0, 0.05) is 21.3 Å².